The predicted molar refractivity (Wildman–Crippen MR) is 94.3 cm³/mol. The Morgan fingerprint density at radius 1 is 1.13 bits per heavy atom. The minimum absolute atomic E-state index is 0.223. The summed E-state index contributed by atoms with van der Waals surface area (Å²) in [5.41, 5.74) is -0.262. The summed E-state index contributed by atoms with van der Waals surface area (Å²) in [6.07, 6.45) is 7.01. The van der Waals surface area contributed by atoms with E-state index in [0.717, 1.165) is 19.3 Å². The van der Waals surface area contributed by atoms with Crippen LogP contribution in [-0.4, -0.2) is 24.5 Å². The summed E-state index contributed by atoms with van der Waals surface area (Å²) in [6.45, 7) is 2.15. The molecule has 0 heterocycles. The quantitative estimate of drug-likeness (QED) is 0.492. The van der Waals surface area contributed by atoms with E-state index in [9.17, 15) is 13.2 Å². The summed E-state index contributed by atoms with van der Waals surface area (Å²) in [7, 11) is -3.96. The van der Waals surface area contributed by atoms with Gasteiger partial charge >= 0.3 is 5.97 Å². The van der Waals surface area contributed by atoms with E-state index in [1.807, 2.05) is 0 Å². The summed E-state index contributed by atoms with van der Waals surface area (Å²) >= 11 is 5.07. The topological polar surface area (TPSA) is 83.5 Å². The Balaban J connectivity index is 2.59. The molecular weight excluding hydrogens is 334 g/mol. The number of carboxylic acid groups (broad SMARTS) is 1. The average Bonchev–Trinajstić information content (AvgIpc) is 2.50. The van der Waals surface area contributed by atoms with E-state index >= 15 is 0 Å². The van der Waals surface area contributed by atoms with Crippen LogP contribution in [0.15, 0.2) is 29.2 Å². The highest BCUT2D eigenvalue weighted by Gasteiger charge is 2.22. The normalized spacial score (nSPS) is 11.2. The smallest absolute Gasteiger partial charge is 0.337 e. The molecule has 0 fully saturated rings. The van der Waals surface area contributed by atoms with Crippen molar-refractivity contribution < 1.29 is 18.3 Å². The standard InChI is InChI=1S/C16H23NO4S2/c1-2-3-4-5-6-7-12-15(22)17-23(20,21)14-11-9-8-10-13(14)16(18)19/h8-11H,2-7,12H2,1H3,(H,17,22)(H,18,19). The lowest BCUT2D eigenvalue weighted by atomic mass is 10.1. The fraction of sp³-hybridized carbons (Fsp3) is 0.500. The lowest BCUT2D eigenvalue weighted by Gasteiger charge is -2.11. The maximum Gasteiger partial charge on any atom is 0.337 e. The number of unbranched alkanes of at least 4 members (excludes halogenated alkanes) is 5. The molecule has 0 aromatic heterocycles. The van der Waals surface area contributed by atoms with Gasteiger partial charge in [0.15, 0.2) is 0 Å². The highest BCUT2D eigenvalue weighted by atomic mass is 32.2. The van der Waals surface area contributed by atoms with Gasteiger partial charge in [0, 0.05) is 0 Å². The number of carbonyl (C=O) groups is 1. The summed E-state index contributed by atoms with van der Waals surface area (Å²) in [6, 6.07) is 5.49. The molecule has 23 heavy (non-hydrogen) atoms. The van der Waals surface area contributed by atoms with Crippen LogP contribution < -0.4 is 4.72 Å². The van der Waals surface area contributed by atoms with Gasteiger partial charge in [-0.2, -0.15) is 0 Å². The summed E-state index contributed by atoms with van der Waals surface area (Å²) in [5.74, 6) is -1.28. The Hall–Kier alpha value is -1.47. The van der Waals surface area contributed by atoms with Gasteiger partial charge < -0.3 is 5.11 Å². The van der Waals surface area contributed by atoms with Crippen LogP contribution in [-0.2, 0) is 10.0 Å². The van der Waals surface area contributed by atoms with E-state index in [2.05, 4.69) is 11.6 Å². The third kappa shape index (κ3) is 6.66. The Bertz CT molecular complexity index is 641. The second-order valence-electron chi connectivity index (χ2n) is 5.35. The van der Waals surface area contributed by atoms with Crippen LogP contribution in [0.2, 0.25) is 0 Å². The third-order valence-electron chi connectivity index (χ3n) is 3.41. The van der Waals surface area contributed by atoms with Crippen molar-refractivity contribution in [1.29, 1.82) is 0 Å². The van der Waals surface area contributed by atoms with E-state index in [-0.39, 0.29) is 15.4 Å². The maximum absolute atomic E-state index is 12.3. The monoisotopic (exact) mass is 357 g/mol. The molecule has 0 unspecified atom stereocenters. The number of carboxylic acids is 1. The first-order valence-corrected chi connectivity index (χ1v) is 9.65. The first-order valence-electron chi connectivity index (χ1n) is 7.76. The van der Waals surface area contributed by atoms with Crippen molar-refractivity contribution in [2.45, 2.75) is 56.8 Å². The number of hydrogen-bond acceptors (Lipinski definition) is 4. The second kappa shape index (κ2) is 9.62. The molecule has 0 atom stereocenters. The lowest BCUT2D eigenvalue weighted by molar-refractivity contribution is 0.0692. The van der Waals surface area contributed by atoms with Crippen molar-refractivity contribution in [3.8, 4) is 0 Å². The third-order valence-corrected chi connectivity index (χ3v) is 5.30. The number of thiocarbonyl (C=S) groups is 1. The Kier molecular flexibility index (Phi) is 8.19. The molecule has 5 nitrogen and oxygen atoms in total. The largest absolute Gasteiger partial charge is 0.478 e. The van der Waals surface area contributed by atoms with Gasteiger partial charge in [0.25, 0.3) is 10.0 Å². The summed E-state index contributed by atoms with van der Waals surface area (Å²) in [4.78, 5) is 11.1. The number of nitrogens with one attached hydrogen (secondary N) is 1. The highest BCUT2D eigenvalue weighted by molar-refractivity contribution is 7.92. The number of rotatable bonds is 10. The number of aromatic carboxylic acids is 1. The van der Waals surface area contributed by atoms with Crippen molar-refractivity contribution in [3.05, 3.63) is 29.8 Å². The van der Waals surface area contributed by atoms with Crippen molar-refractivity contribution in [3.63, 3.8) is 0 Å². The molecule has 1 aromatic rings. The Labute approximate surface area is 143 Å². The average molecular weight is 357 g/mol. The molecular formula is C16H23NO4S2. The number of benzene rings is 1. The maximum atomic E-state index is 12.3. The van der Waals surface area contributed by atoms with Crippen LogP contribution in [0.25, 0.3) is 0 Å². The summed E-state index contributed by atoms with van der Waals surface area (Å²) < 4.78 is 26.9. The molecule has 0 bridgehead atoms. The number of sulfonamides is 1. The first kappa shape index (κ1) is 19.6. The zero-order valence-corrected chi connectivity index (χ0v) is 14.9. The van der Waals surface area contributed by atoms with Crippen LogP contribution in [0.5, 0.6) is 0 Å². The van der Waals surface area contributed by atoms with Gasteiger partial charge in [-0.1, -0.05) is 63.4 Å². The van der Waals surface area contributed by atoms with Gasteiger partial charge in [-0.05, 0) is 25.0 Å². The van der Waals surface area contributed by atoms with E-state index < -0.39 is 16.0 Å². The molecule has 0 saturated heterocycles. The van der Waals surface area contributed by atoms with E-state index in [1.165, 1.54) is 43.5 Å². The molecule has 0 amide bonds. The van der Waals surface area contributed by atoms with E-state index in [0.29, 0.717) is 6.42 Å². The molecule has 0 spiro atoms. The predicted octanol–water partition coefficient (Wildman–Crippen LogP) is 3.74. The van der Waals surface area contributed by atoms with Crippen LogP contribution in [0.3, 0.4) is 0 Å². The van der Waals surface area contributed by atoms with Crippen LogP contribution in [0.1, 0.15) is 62.2 Å². The fourth-order valence-electron chi connectivity index (χ4n) is 2.20. The first-order chi connectivity index (χ1) is 10.9. The van der Waals surface area contributed by atoms with Gasteiger partial charge in [-0.3, -0.25) is 4.72 Å². The van der Waals surface area contributed by atoms with Crippen LogP contribution in [0.4, 0.5) is 0 Å². The molecule has 1 rings (SSSR count). The zero-order chi connectivity index (χ0) is 17.3. The minimum Gasteiger partial charge on any atom is -0.478 e. The minimum atomic E-state index is -3.96. The molecule has 7 heteroatoms. The second-order valence-corrected chi connectivity index (χ2v) is 7.49. The molecule has 128 valence electrons. The van der Waals surface area contributed by atoms with E-state index in [4.69, 9.17) is 17.3 Å². The molecule has 1 aromatic carbocycles. The van der Waals surface area contributed by atoms with Crippen LogP contribution >= 0.6 is 12.2 Å². The zero-order valence-electron chi connectivity index (χ0n) is 13.2. The molecule has 0 saturated carbocycles. The Morgan fingerprint density at radius 2 is 1.74 bits per heavy atom. The SMILES string of the molecule is CCCCCCCCC(=S)NS(=O)(=O)c1ccccc1C(=O)O. The van der Waals surface area contributed by atoms with Crippen molar-refractivity contribution in [2.24, 2.45) is 0 Å². The molecule has 0 aliphatic rings. The van der Waals surface area contributed by atoms with Gasteiger partial charge in [-0.25, -0.2) is 13.2 Å². The molecule has 0 radical (unpaired) electrons. The summed E-state index contributed by atoms with van der Waals surface area (Å²) in [5, 5.41) is 9.08. The highest BCUT2D eigenvalue weighted by Crippen LogP contribution is 2.16. The van der Waals surface area contributed by atoms with E-state index in [1.54, 1.807) is 0 Å². The molecule has 2 N–H and O–H groups in total. The van der Waals surface area contributed by atoms with Crippen molar-refractivity contribution >= 4 is 33.2 Å². The molecule has 0 aliphatic carbocycles. The van der Waals surface area contributed by atoms with Gasteiger partial charge in [-0.15, -0.1) is 0 Å². The van der Waals surface area contributed by atoms with Gasteiger partial charge in [0.1, 0.15) is 4.90 Å². The van der Waals surface area contributed by atoms with Gasteiger partial charge in [0.05, 0.1) is 10.6 Å². The number of hydrogen-bond donors (Lipinski definition) is 2. The fourth-order valence-corrected chi connectivity index (χ4v) is 3.89. The van der Waals surface area contributed by atoms with Crippen molar-refractivity contribution in [2.75, 3.05) is 0 Å². The lowest BCUT2D eigenvalue weighted by Crippen LogP contribution is -2.30. The molecule has 0 aliphatic heterocycles. The van der Waals surface area contributed by atoms with Crippen molar-refractivity contribution in [1.82, 2.24) is 4.72 Å². The van der Waals surface area contributed by atoms with Crippen LogP contribution in [0, 0.1) is 0 Å². The van der Waals surface area contributed by atoms with Gasteiger partial charge in [0.2, 0.25) is 0 Å². The Morgan fingerprint density at radius 3 is 2.39 bits per heavy atom.